The molecule has 0 bridgehead atoms. The van der Waals surface area contributed by atoms with Gasteiger partial charge in [0.05, 0.1) is 14.2 Å². The van der Waals surface area contributed by atoms with E-state index in [1.807, 2.05) is 25.1 Å². The monoisotopic (exact) mass is 360 g/mol. The summed E-state index contributed by atoms with van der Waals surface area (Å²) in [6.45, 7) is 2.56. The fraction of sp³-hybridized carbons (Fsp3) is 0.316. The number of phenolic OH excluding ortho intramolecular Hbond substituents is 1. The Kier molecular flexibility index (Phi) is 6.51. The number of ether oxygens (including phenoxy) is 2. The van der Waals surface area contributed by atoms with Crippen molar-refractivity contribution in [2.24, 2.45) is 0 Å². The van der Waals surface area contributed by atoms with Gasteiger partial charge in [0.2, 0.25) is 0 Å². The number of nitriles is 1. The minimum absolute atomic E-state index is 0.0854. The summed E-state index contributed by atoms with van der Waals surface area (Å²) in [4.78, 5) is 0. The van der Waals surface area contributed by atoms with E-state index in [-0.39, 0.29) is 22.4 Å². The molecule has 0 radical (unpaired) electrons. The van der Waals surface area contributed by atoms with Crippen molar-refractivity contribution in [3.05, 3.63) is 52.0 Å². The molecule has 0 saturated carbocycles. The van der Waals surface area contributed by atoms with Gasteiger partial charge in [0.25, 0.3) is 0 Å². The van der Waals surface area contributed by atoms with Crippen LogP contribution < -0.4 is 14.8 Å². The van der Waals surface area contributed by atoms with E-state index in [9.17, 15) is 10.4 Å². The lowest BCUT2D eigenvalue weighted by Crippen LogP contribution is -2.27. The highest BCUT2D eigenvalue weighted by atomic mass is 35.5. The van der Waals surface area contributed by atoms with Crippen molar-refractivity contribution in [1.82, 2.24) is 5.32 Å². The summed E-state index contributed by atoms with van der Waals surface area (Å²) < 4.78 is 10.7. The first-order valence-corrected chi connectivity index (χ1v) is 8.23. The van der Waals surface area contributed by atoms with Crippen LogP contribution >= 0.6 is 11.6 Å². The molecule has 0 fully saturated rings. The third-order valence-electron chi connectivity index (χ3n) is 3.96. The Hall–Kier alpha value is -2.42. The predicted molar refractivity (Wildman–Crippen MR) is 97.4 cm³/mol. The van der Waals surface area contributed by atoms with Crippen molar-refractivity contribution in [2.45, 2.75) is 25.9 Å². The van der Waals surface area contributed by atoms with Crippen LogP contribution in [0.3, 0.4) is 0 Å². The van der Waals surface area contributed by atoms with Crippen LogP contribution in [0.4, 0.5) is 0 Å². The fourth-order valence-electron chi connectivity index (χ4n) is 2.64. The van der Waals surface area contributed by atoms with E-state index in [2.05, 4.69) is 5.32 Å². The SMILES string of the molecule is COc1cc(CC(C)NCc2ccccc2O)c(OC)c(Cl)c1C#N. The van der Waals surface area contributed by atoms with Crippen LogP contribution in [0.25, 0.3) is 0 Å². The second kappa shape index (κ2) is 8.61. The minimum Gasteiger partial charge on any atom is -0.508 e. The van der Waals surface area contributed by atoms with Crippen molar-refractivity contribution in [3.63, 3.8) is 0 Å². The molecule has 0 aliphatic rings. The van der Waals surface area contributed by atoms with Crippen LogP contribution in [0.5, 0.6) is 17.2 Å². The van der Waals surface area contributed by atoms with E-state index in [0.29, 0.717) is 24.5 Å². The maximum absolute atomic E-state index is 9.83. The molecule has 0 aliphatic carbocycles. The third kappa shape index (κ3) is 4.36. The van der Waals surface area contributed by atoms with Gasteiger partial charge in [0, 0.05) is 23.7 Å². The maximum atomic E-state index is 9.83. The molecule has 0 aliphatic heterocycles. The summed E-state index contributed by atoms with van der Waals surface area (Å²) >= 11 is 6.29. The number of para-hydroxylation sites is 1. The van der Waals surface area contributed by atoms with E-state index in [1.165, 1.54) is 14.2 Å². The Bertz CT molecular complexity index is 787. The second-order valence-electron chi connectivity index (χ2n) is 5.69. The quantitative estimate of drug-likeness (QED) is 0.788. The first kappa shape index (κ1) is 18.9. The van der Waals surface area contributed by atoms with Gasteiger partial charge in [-0.05, 0) is 25.5 Å². The number of rotatable bonds is 7. The molecule has 0 spiro atoms. The van der Waals surface area contributed by atoms with Gasteiger partial charge in [0.1, 0.15) is 33.9 Å². The van der Waals surface area contributed by atoms with Crippen LogP contribution in [-0.4, -0.2) is 25.4 Å². The number of nitrogens with one attached hydrogen (secondary N) is 1. The average molecular weight is 361 g/mol. The Morgan fingerprint density at radius 2 is 1.96 bits per heavy atom. The molecule has 1 unspecified atom stereocenters. The number of benzene rings is 2. The number of halogens is 1. The van der Waals surface area contributed by atoms with Gasteiger partial charge >= 0.3 is 0 Å². The van der Waals surface area contributed by atoms with Gasteiger partial charge in [-0.2, -0.15) is 5.26 Å². The number of nitrogens with zero attached hydrogens (tertiary/aromatic N) is 1. The lowest BCUT2D eigenvalue weighted by Gasteiger charge is -2.19. The molecule has 25 heavy (non-hydrogen) atoms. The number of hydrogen-bond donors (Lipinski definition) is 2. The van der Waals surface area contributed by atoms with Crippen LogP contribution in [-0.2, 0) is 13.0 Å². The summed E-state index contributed by atoms with van der Waals surface area (Å²) in [5, 5.41) is 22.7. The van der Waals surface area contributed by atoms with Gasteiger partial charge in [-0.15, -0.1) is 0 Å². The predicted octanol–water partition coefficient (Wildman–Crippen LogP) is 3.66. The molecular formula is C19H21ClN2O3. The van der Waals surface area contributed by atoms with Crippen molar-refractivity contribution in [2.75, 3.05) is 14.2 Å². The standard InChI is InChI=1S/C19H21ClN2O3/c1-12(22-11-13-6-4-5-7-16(13)23)8-14-9-17(24-2)15(10-21)18(20)19(14)25-3/h4-7,9,12,22-23H,8,11H2,1-3H3. The van der Waals surface area contributed by atoms with E-state index < -0.39 is 0 Å². The van der Waals surface area contributed by atoms with Gasteiger partial charge in [-0.1, -0.05) is 29.8 Å². The van der Waals surface area contributed by atoms with Gasteiger partial charge in [0.15, 0.2) is 0 Å². The first-order chi connectivity index (χ1) is 12.0. The van der Waals surface area contributed by atoms with Crippen LogP contribution in [0.1, 0.15) is 23.6 Å². The molecule has 132 valence electrons. The molecular weight excluding hydrogens is 340 g/mol. The second-order valence-corrected chi connectivity index (χ2v) is 6.06. The summed E-state index contributed by atoms with van der Waals surface area (Å²) in [5.41, 5.74) is 1.94. The van der Waals surface area contributed by atoms with E-state index in [4.69, 9.17) is 21.1 Å². The highest BCUT2D eigenvalue weighted by Crippen LogP contribution is 2.38. The molecule has 5 nitrogen and oxygen atoms in total. The molecule has 0 aromatic heterocycles. The minimum atomic E-state index is 0.0854. The molecule has 2 aromatic rings. The van der Waals surface area contributed by atoms with E-state index >= 15 is 0 Å². The van der Waals surface area contributed by atoms with Crippen LogP contribution in [0.2, 0.25) is 5.02 Å². The normalized spacial score (nSPS) is 11.6. The Morgan fingerprint density at radius 3 is 2.56 bits per heavy atom. The molecule has 2 rings (SSSR count). The van der Waals surface area contributed by atoms with E-state index in [0.717, 1.165) is 11.1 Å². The van der Waals surface area contributed by atoms with Crippen molar-refractivity contribution < 1.29 is 14.6 Å². The smallest absolute Gasteiger partial charge is 0.142 e. The lowest BCUT2D eigenvalue weighted by molar-refractivity contribution is 0.394. The van der Waals surface area contributed by atoms with Crippen molar-refractivity contribution in [1.29, 1.82) is 5.26 Å². The summed E-state index contributed by atoms with van der Waals surface area (Å²) in [6.07, 6.45) is 0.624. The number of hydrogen-bond acceptors (Lipinski definition) is 5. The Labute approximate surface area is 152 Å². The number of aromatic hydroxyl groups is 1. The molecule has 1 atom stereocenters. The number of phenols is 1. The molecule has 2 N–H and O–H groups in total. The first-order valence-electron chi connectivity index (χ1n) is 7.85. The Morgan fingerprint density at radius 1 is 1.24 bits per heavy atom. The van der Waals surface area contributed by atoms with Gasteiger partial charge < -0.3 is 19.9 Å². The number of methoxy groups -OCH3 is 2. The molecule has 6 heteroatoms. The third-order valence-corrected chi connectivity index (χ3v) is 4.32. The van der Waals surface area contributed by atoms with Crippen molar-refractivity contribution >= 4 is 11.6 Å². The largest absolute Gasteiger partial charge is 0.508 e. The van der Waals surface area contributed by atoms with Crippen molar-refractivity contribution in [3.8, 4) is 23.3 Å². The van der Waals surface area contributed by atoms with E-state index in [1.54, 1.807) is 18.2 Å². The zero-order valence-corrected chi connectivity index (χ0v) is 15.2. The molecule has 0 heterocycles. The van der Waals surface area contributed by atoms with Crippen LogP contribution in [0, 0.1) is 11.3 Å². The zero-order valence-electron chi connectivity index (χ0n) is 14.5. The topological polar surface area (TPSA) is 74.5 Å². The lowest BCUT2D eigenvalue weighted by atomic mass is 10.0. The van der Waals surface area contributed by atoms with Crippen LogP contribution in [0.15, 0.2) is 30.3 Å². The molecule has 2 aromatic carbocycles. The fourth-order valence-corrected chi connectivity index (χ4v) is 2.98. The average Bonchev–Trinajstić information content (AvgIpc) is 2.60. The summed E-state index contributed by atoms with van der Waals surface area (Å²) in [5.74, 6) is 1.18. The highest BCUT2D eigenvalue weighted by molar-refractivity contribution is 6.33. The summed E-state index contributed by atoms with van der Waals surface area (Å²) in [7, 11) is 3.03. The van der Waals surface area contributed by atoms with Gasteiger partial charge in [-0.3, -0.25) is 0 Å². The Balaban J connectivity index is 2.17. The summed E-state index contributed by atoms with van der Waals surface area (Å²) in [6, 6.07) is 11.1. The zero-order chi connectivity index (χ0) is 18.4. The van der Waals surface area contributed by atoms with Gasteiger partial charge in [-0.25, -0.2) is 0 Å². The maximum Gasteiger partial charge on any atom is 0.142 e. The highest BCUT2D eigenvalue weighted by Gasteiger charge is 2.19. The molecule has 0 amide bonds. The molecule has 0 saturated heterocycles.